The Hall–Kier alpha value is -2.67. The second-order valence-corrected chi connectivity index (χ2v) is 8.26. The zero-order valence-electron chi connectivity index (χ0n) is 16.1. The monoisotopic (exact) mass is 454 g/mol. The molecule has 0 bridgehead atoms. The number of likely N-dealkylation sites (tertiary alicyclic amines) is 1. The van der Waals surface area contributed by atoms with Crippen LogP contribution in [0.3, 0.4) is 0 Å². The summed E-state index contributed by atoms with van der Waals surface area (Å²) in [6.07, 6.45) is 5.73. The molecule has 3 heterocycles. The first-order chi connectivity index (χ1) is 14.1. The van der Waals surface area contributed by atoms with Gasteiger partial charge in [-0.25, -0.2) is 4.98 Å². The highest BCUT2D eigenvalue weighted by molar-refractivity contribution is 9.10. The summed E-state index contributed by atoms with van der Waals surface area (Å²) in [6, 6.07) is 13.8. The van der Waals surface area contributed by atoms with Crippen molar-refractivity contribution < 1.29 is 9.59 Å². The van der Waals surface area contributed by atoms with Gasteiger partial charge in [-0.1, -0.05) is 18.2 Å². The van der Waals surface area contributed by atoms with Crippen molar-refractivity contribution in [1.29, 1.82) is 0 Å². The number of hydrogen-bond acceptors (Lipinski definition) is 3. The Morgan fingerprint density at radius 2 is 2.03 bits per heavy atom. The first-order valence-corrected chi connectivity index (χ1v) is 10.6. The van der Waals surface area contributed by atoms with Crippen LogP contribution in [0.15, 0.2) is 59.3 Å². The summed E-state index contributed by atoms with van der Waals surface area (Å²) in [4.78, 5) is 31.4. The van der Waals surface area contributed by atoms with Crippen molar-refractivity contribution >= 4 is 44.5 Å². The van der Waals surface area contributed by atoms with Crippen molar-refractivity contribution in [3.05, 3.63) is 59.3 Å². The average Bonchev–Trinajstić information content (AvgIpc) is 3.17. The Labute approximate surface area is 178 Å². The van der Waals surface area contributed by atoms with Gasteiger partial charge in [-0.3, -0.25) is 9.59 Å². The lowest BCUT2D eigenvalue weighted by Crippen LogP contribution is -2.44. The number of carbonyl (C=O) groups excluding carboxylic acids is 2. The van der Waals surface area contributed by atoms with Crippen LogP contribution in [0.5, 0.6) is 0 Å². The number of pyridine rings is 1. The fourth-order valence-electron chi connectivity index (χ4n) is 3.81. The molecule has 0 spiro atoms. The molecule has 1 fully saturated rings. The van der Waals surface area contributed by atoms with Gasteiger partial charge in [0, 0.05) is 48.4 Å². The van der Waals surface area contributed by atoms with E-state index in [9.17, 15) is 9.59 Å². The second kappa shape index (κ2) is 8.78. The van der Waals surface area contributed by atoms with Crippen LogP contribution in [-0.2, 0) is 16.1 Å². The molecule has 150 valence electrons. The summed E-state index contributed by atoms with van der Waals surface area (Å²) in [7, 11) is 0. The molecule has 1 atom stereocenters. The van der Waals surface area contributed by atoms with E-state index in [0.29, 0.717) is 31.9 Å². The Morgan fingerprint density at radius 1 is 1.17 bits per heavy atom. The maximum Gasteiger partial charge on any atom is 0.230 e. The van der Waals surface area contributed by atoms with E-state index in [0.717, 1.165) is 22.8 Å². The molecular weight excluding hydrogens is 432 g/mol. The van der Waals surface area contributed by atoms with Gasteiger partial charge in [-0.15, -0.1) is 0 Å². The first kappa shape index (κ1) is 19.6. The third kappa shape index (κ3) is 4.67. The van der Waals surface area contributed by atoms with Crippen LogP contribution < -0.4 is 5.32 Å². The molecular formula is C22H23BrN4O2. The topological polar surface area (TPSA) is 67.2 Å². The van der Waals surface area contributed by atoms with Crippen LogP contribution >= 0.6 is 15.9 Å². The lowest BCUT2D eigenvalue weighted by Gasteiger charge is -2.32. The van der Waals surface area contributed by atoms with Crippen molar-refractivity contribution in [2.75, 3.05) is 18.4 Å². The molecule has 0 radical (unpaired) electrons. The van der Waals surface area contributed by atoms with E-state index in [1.165, 1.54) is 5.39 Å². The maximum atomic E-state index is 12.8. The minimum absolute atomic E-state index is 0.0753. The number of anilines is 1. The van der Waals surface area contributed by atoms with E-state index >= 15 is 0 Å². The van der Waals surface area contributed by atoms with Crippen molar-refractivity contribution in [3.63, 3.8) is 0 Å². The van der Waals surface area contributed by atoms with Crippen molar-refractivity contribution in [1.82, 2.24) is 14.5 Å². The molecule has 6 nitrogen and oxygen atoms in total. The number of halogens is 1. The number of amides is 2. The molecule has 1 unspecified atom stereocenters. The van der Waals surface area contributed by atoms with E-state index in [2.05, 4.69) is 49.0 Å². The number of hydrogen-bond donors (Lipinski definition) is 1. The molecule has 0 saturated carbocycles. The minimum Gasteiger partial charge on any atom is -0.347 e. The predicted molar refractivity (Wildman–Crippen MR) is 116 cm³/mol. The Bertz CT molecular complexity index is 1020. The quantitative estimate of drug-likeness (QED) is 0.631. The molecule has 7 heteroatoms. The van der Waals surface area contributed by atoms with Crippen LogP contribution in [0, 0.1) is 5.92 Å². The summed E-state index contributed by atoms with van der Waals surface area (Å²) in [5.41, 5.74) is 1.14. The molecule has 1 aliphatic rings. The van der Waals surface area contributed by atoms with Crippen LogP contribution in [0.25, 0.3) is 10.9 Å². The van der Waals surface area contributed by atoms with Crippen molar-refractivity contribution in [3.8, 4) is 0 Å². The number of rotatable bonds is 5. The Balaban J connectivity index is 1.33. The lowest BCUT2D eigenvalue weighted by atomic mass is 9.97. The number of fused-ring (bicyclic) bond motifs is 1. The first-order valence-electron chi connectivity index (χ1n) is 9.84. The molecule has 1 aromatic carbocycles. The Morgan fingerprint density at radius 3 is 2.86 bits per heavy atom. The van der Waals surface area contributed by atoms with Gasteiger partial charge < -0.3 is 14.8 Å². The third-order valence-corrected chi connectivity index (χ3v) is 5.84. The largest absolute Gasteiger partial charge is 0.347 e. The lowest BCUT2D eigenvalue weighted by molar-refractivity contribution is -0.134. The predicted octanol–water partition coefficient (Wildman–Crippen LogP) is 4.07. The van der Waals surface area contributed by atoms with E-state index < -0.39 is 0 Å². The van der Waals surface area contributed by atoms with Crippen molar-refractivity contribution in [2.45, 2.75) is 25.8 Å². The van der Waals surface area contributed by atoms with E-state index in [4.69, 9.17) is 0 Å². The molecule has 3 aromatic rings. The number of aromatic nitrogens is 2. The average molecular weight is 455 g/mol. The molecule has 1 aliphatic heterocycles. The molecule has 2 amide bonds. The standard InChI is InChI=1S/C22H23BrN4O2/c23-18-7-8-20(24-14-18)25-22(29)17-5-3-11-27(15-17)21(28)10-13-26-12-9-16-4-1-2-6-19(16)26/h1-2,4,6-9,12,14,17H,3,5,10-11,13,15H2,(H,24,25,29). The molecule has 1 N–H and O–H groups in total. The minimum atomic E-state index is -0.203. The fourth-order valence-corrected chi connectivity index (χ4v) is 4.04. The van der Waals surface area contributed by atoms with Gasteiger partial charge >= 0.3 is 0 Å². The number of piperidine rings is 1. The highest BCUT2D eigenvalue weighted by Crippen LogP contribution is 2.21. The molecule has 29 heavy (non-hydrogen) atoms. The van der Waals surface area contributed by atoms with Crippen molar-refractivity contribution in [2.24, 2.45) is 5.92 Å². The van der Waals surface area contributed by atoms with E-state index in [-0.39, 0.29) is 17.7 Å². The Kier molecular flexibility index (Phi) is 5.94. The number of nitrogens with one attached hydrogen (secondary N) is 1. The normalized spacial score (nSPS) is 16.7. The zero-order valence-corrected chi connectivity index (χ0v) is 17.6. The summed E-state index contributed by atoms with van der Waals surface area (Å²) >= 11 is 3.33. The van der Waals surface area contributed by atoms with Gasteiger partial charge in [-0.05, 0) is 58.4 Å². The molecule has 1 saturated heterocycles. The summed E-state index contributed by atoms with van der Waals surface area (Å²) in [5.74, 6) is 0.350. The third-order valence-electron chi connectivity index (χ3n) is 5.37. The van der Waals surface area contributed by atoms with E-state index in [1.807, 2.05) is 29.3 Å². The second-order valence-electron chi connectivity index (χ2n) is 7.35. The van der Waals surface area contributed by atoms with Gasteiger partial charge in [0.2, 0.25) is 11.8 Å². The fraction of sp³-hybridized carbons (Fsp3) is 0.318. The zero-order chi connectivity index (χ0) is 20.2. The number of para-hydroxylation sites is 1. The number of carbonyl (C=O) groups is 2. The highest BCUT2D eigenvalue weighted by atomic mass is 79.9. The van der Waals surface area contributed by atoms with Crippen LogP contribution in [0.4, 0.5) is 5.82 Å². The summed E-state index contributed by atoms with van der Waals surface area (Å²) in [5, 5.41) is 4.04. The van der Waals surface area contributed by atoms with Gasteiger partial charge in [0.05, 0.1) is 5.92 Å². The molecule has 2 aromatic heterocycles. The number of nitrogens with zero attached hydrogens (tertiary/aromatic N) is 3. The summed E-state index contributed by atoms with van der Waals surface area (Å²) in [6.45, 7) is 1.82. The molecule has 4 rings (SSSR count). The number of aryl methyl sites for hydroxylation is 1. The van der Waals surface area contributed by atoms with Gasteiger partial charge in [0.1, 0.15) is 5.82 Å². The number of benzene rings is 1. The maximum absolute atomic E-state index is 12.8. The highest BCUT2D eigenvalue weighted by Gasteiger charge is 2.28. The van der Waals surface area contributed by atoms with Crippen LogP contribution in [-0.4, -0.2) is 39.4 Å². The van der Waals surface area contributed by atoms with Crippen LogP contribution in [0.2, 0.25) is 0 Å². The smallest absolute Gasteiger partial charge is 0.230 e. The summed E-state index contributed by atoms with van der Waals surface area (Å²) < 4.78 is 2.97. The van der Waals surface area contributed by atoms with Gasteiger partial charge in [0.15, 0.2) is 0 Å². The SMILES string of the molecule is O=C(Nc1ccc(Br)cn1)C1CCCN(C(=O)CCn2ccc3ccccc32)C1. The van der Waals surface area contributed by atoms with Gasteiger partial charge in [0.25, 0.3) is 0 Å². The van der Waals surface area contributed by atoms with E-state index in [1.54, 1.807) is 12.3 Å². The molecule has 0 aliphatic carbocycles. The van der Waals surface area contributed by atoms with Crippen LogP contribution in [0.1, 0.15) is 19.3 Å². The van der Waals surface area contributed by atoms with Gasteiger partial charge in [-0.2, -0.15) is 0 Å².